The Kier molecular flexibility index (Phi) is 38.3. The first-order chi connectivity index (χ1) is 26.7. The van der Waals surface area contributed by atoms with E-state index in [1.54, 1.807) is 0 Å². The zero-order chi connectivity index (χ0) is 40.5. The Morgan fingerprint density at radius 3 is 1.56 bits per heavy atom. The minimum atomic E-state index is -4.37. The number of unbranched alkanes of at least 4 members (excludes halogenated alkanes) is 15. The van der Waals surface area contributed by atoms with Crippen molar-refractivity contribution in [2.75, 3.05) is 40.5 Å². The van der Waals surface area contributed by atoms with Crippen LogP contribution in [0.3, 0.4) is 0 Å². The molecule has 9 nitrogen and oxygen atoms in total. The fourth-order valence-electron chi connectivity index (χ4n) is 5.50. The van der Waals surface area contributed by atoms with E-state index in [0.717, 1.165) is 83.5 Å². The van der Waals surface area contributed by atoms with Crippen LogP contribution in [-0.4, -0.2) is 68.3 Å². The lowest BCUT2D eigenvalue weighted by Gasteiger charge is -2.20. The van der Waals surface area contributed by atoms with Crippen molar-refractivity contribution in [3.8, 4) is 0 Å². The van der Waals surface area contributed by atoms with Crippen LogP contribution in [0.4, 0.5) is 0 Å². The van der Waals surface area contributed by atoms with Crippen molar-refractivity contribution in [3.63, 3.8) is 0 Å². The van der Waals surface area contributed by atoms with Gasteiger partial charge in [-0.05, 0) is 91.1 Å². The predicted molar refractivity (Wildman–Crippen MR) is 229 cm³/mol. The third-order valence-electron chi connectivity index (χ3n) is 8.81. The summed E-state index contributed by atoms with van der Waals surface area (Å²) in [5.74, 6) is -0.839. The normalized spacial score (nSPS) is 14.0. The molecule has 0 spiro atoms. The van der Waals surface area contributed by atoms with Gasteiger partial charge < -0.3 is 19.3 Å². The maximum Gasteiger partial charge on any atom is 0.472 e. The van der Waals surface area contributed by atoms with E-state index in [2.05, 4.69) is 74.6 Å². The predicted octanol–water partition coefficient (Wildman–Crippen LogP) is 12.3. The van der Waals surface area contributed by atoms with Gasteiger partial charge in [0.1, 0.15) is 6.61 Å². The smallest absolute Gasteiger partial charge is 0.462 e. The van der Waals surface area contributed by atoms with Crippen molar-refractivity contribution in [2.24, 2.45) is 0 Å². The first-order valence-corrected chi connectivity index (χ1v) is 23.1. The third-order valence-corrected chi connectivity index (χ3v) is 9.79. The summed E-state index contributed by atoms with van der Waals surface area (Å²) in [5.41, 5.74) is 0. The molecule has 0 bridgehead atoms. The minimum Gasteiger partial charge on any atom is -0.462 e. The number of allylic oxidation sites excluding steroid dienone is 10. The Morgan fingerprint density at radius 2 is 1.04 bits per heavy atom. The first-order valence-electron chi connectivity index (χ1n) is 21.6. The maximum absolute atomic E-state index is 12.6. The maximum atomic E-state index is 12.6. The second kappa shape index (κ2) is 39.9. The number of nitrogens with zero attached hydrogens (tertiary/aromatic N) is 1. The molecule has 0 saturated carbocycles. The van der Waals surface area contributed by atoms with E-state index in [4.69, 9.17) is 18.5 Å². The quantitative estimate of drug-likeness (QED) is 0.0281. The number of ether oxygens (including phenoxy) is 2. The highest BCUT2D eigenvalue weighted by Gasteiger charge is 2.26. The zero-order valence-corrected chi connectivity index (χ0v) is 36.2. The number of carbonyl (C=O) groups is 2. The van der Waals surface area contributed by atoms with Crippen molar-refractivity contribution in [3.05, 3.63) is 60.8 Å². The summed E-state index contributed by atoms with van der Waals surface area (Å²) < 4.78 is 33.4. The van der Waals surface area contributed by atoms with Crippen LogP contribution < -0.4 is 0 Å². The van der Waals surface area contributed by atoms with Gasteiger partial charge in [0, 0.05) is 19.4 Å². The van der Waals surface area contributed by atoms with Crippen LogP contribution in [0, 0.1) is 0 Å². The van der Waals surface area contributed by atoms with Crippen molar-refractivity contribution < 1.29 is 37.6 Å². The van der Waals surface area contributed by atoms with Gasteiger partial charge in [-0.15, -0.1) is 0 Å². The monoisotopic (exact) mass is 794 g/mol. The van der Waals surface area contributed by atoms with Crippen LogP contribution >= 0.6 is 7.82 Å². The molecule has 0 aromatic rings. The summed E-state index contributed by atoms with van der Waals surface area (Å²) in [7, 11) is -0.733. The average Bonchev–Trinajstić information content (AvgIpc) is 3.15. The number of phosphoric ester groups is 1. The van der Waals surface area contributed by atoms with Crippen LogP contribution in [-0.2, 0) is 32.7 Å². The molecule has 0 aliphatic heterocycles. The molecule has 0 amide bonds. The van der Waals surface area contributed by atoms with Gasteiger partial charge in [0.15, 0.2) is 6.10 Å². The topological polar surface area (TPSA) is 112 Å². The van der Waals surface area contributed by atoms with Gasteiger partial charge in [-0.3, -0.25) is 18.6 Å². The largest absolute Gasteiger partial charge is 0.472 e. The molecule has 2 unspecified atom stereocenters. The number of phosphoric acid groups is 1. The number of rotatable bonds is 39. The SMILES string of the molecule is CC/C=C\C/C=C\C/C=C\C/C=C\CCCCCCC(=O)OC(COC(=O)CCCCCCCCC/C=C\CCCCCC)COP(=O)(O)OCCN(C)C. The molecule has 0 fully saturated rings. The van der Waals surface area contributed by atoms with E-state index in [1.807, 2.05) is 19.0 Å². The Balaban J connectivity index is 4.36. The molecule has 10 heteroatoms. The van der Waals surface area contributed by atoms with E-state index in [9.17, 15) is 19.0 Å². The Bertz CT molecular complexity index is 1100. The van der Waals surface area contributed by atoms with Crippen molar-refractivity contribution in [1.29, 1.82) is 0 Å². The van der Waals surface area contributed by atoms with Gasteiger partial charge in [-0.2, -0.15) is 0 Å². The highest BCUT2D eigenvalue weighted by molar-refractivity contribution is 7.47. The average molecular weight is 794 g/mol. The van der Waals surface area contributed by atoms with Gasteiger partial charge in [-0.1, -0.05) is 139 Å². The van der Waals surface area contributed by atoms with Crippen LogP contribution in [0.15, 0.2) is 60.8 Å². The third kappa shape index (κ3) is 41.2. The summed E-state index contributed by atoms with van der Waals surface area (Å²) in [4.78, 5) is 37.0. The van der Waals surface area contributed by atoms with Gasteiger partial charge in [0.05, 0.1) is 13.2 Å². The number of likely N-dealkylation sites (N-methyl/N-ethyl adjacent to an activating group) is 1. The summed E-state index contributed by atoms with van der Waals surface area (Å²) in [5, 5.41) is 0. The molecule has 0 rings (SSSR count). The first kappa shape index (κ1) is 52.7. The summed E-state index contributed by atoms with van der Waals surface area (Å²) in [6.07, 6.45) is 45.5. The van der Waals surface area contributed by atoms with Crippen LogP contribution in [0.5, 0.6) is 0 Å². The second-order valence-corrected chi connectivity index (χ2v) is 15.9. The van der Waals surface area contributed by atoms with E-state index in [-0.39, 0.29) is 32.0 Å². The second-order valence-electron chi connectivity index (χ2n) is 14.5. The van der Waals surface area contributed by atoms with Crippen molar-refractivity contribution in [2.45, 2.75) is 174 Å². The molecule has 2 atom stereocenters. The van der Waals surface area contributed by atoms with Gasteiger partial charge >= 0.3 is 19.8 Å². The van der Waals surface area contributed by atoms with E-state index >= 15 is 0 Å². The van der Waals surface area contributed by atoms with Gasteiger partial charge in [-0.25, -0.2) is 4.57 Å². The molecule has 0 heterocycles. The van der Waals surface area contributed by atoms with Gasteiger partial charge in [0.2, 0.25) is 0 Å². The standard InChI is InChI=1S/C45H80NO8P/c1-5-7-9-11-13-15-17-19-21-22-24-26-28-30-32-34-36-38-45(48)54-43(42-53-55(49,50)52-40-39-46(3)4)41-51-44(47)37-35-33-31-29-27-25-23-20-18-16-14-12-10-8-6-2/h7,9,13,15-16,18-19,21,24,26,43H,5-6,8,10-12,14,17,20,22-23,25,27-42H2,1-4H3,(H,49,50)/b9-7-,15-13-,18-16-,21-19-,26-24-. The van der Waals surface area contributed by atoms with Gasteiger partial charge in [0.25, 0.3) is 0 Å². The summed E-state index contributed by atoms with van der Waals surface area (Å²) in [6, 6.07) is 0. The molecule has 1 N–H and O–H groups in total. The number of hydrogen-bond donors (Lipinski definition) is 1. The van der Waals surface area contributed by atoms with E-state index in [0.29, 0.717) is 13.0 Å². The number of hydrogen-bond acceptors (Lipinski definition) is 8. The van der Waals surface area contributed by atoms with E-state index < -0.39 is 26.5 Å². The van der Waals surface area contributed by atoms with Crippen LogP contribution in [0.2, 0.25) is 0 Å². The molecule has 0 aliphatic rings. The lowest BCUT2D eigenvalue weighted by atomic mass is 10.1. The highest BCUT2D eigenvalue weighted by atomic mass is 31.2. The molecular formula is C45H80NO8P. The Hall–Kier alpha value is -2.29. The molecule has 55 heavy (non-hydrogen) atoms. The summed E-state index contributed by atoms with van der Waals surface area (Å²) in [6.45, 7) is 4.15. The highest BCUT2D eigenvalue weighted by Crippen LogP contribution is 2.43. The Labute approximate surface area is 336 Å². The molecule has 0 saturated heterocycles. The fraction of sp³-hybridized carbons (Fsp3) is 0.733. The number of esters is 2. The zero-order valence-electron chi connectivity index (χ0n) is 35.3. The minimum absolute atomic E-state index is 0.000894. The number of carbonyl (C=O) groups excluding carboxylic acids is 2. The molecule has 0 aliphatic carbocycles. The Morgan fingerprint density at radius 1 is 0.582 bits per heavy atom. The molecule has 0 aromatic heterocycles. The van der Waals surface area contributed by atoms with Crippen molar-refractivity contribution >= 4 is 19.8 Å². The molecular weight excluding hydrogens is 713 g/mol. The van der Waals surface area contributed by atoms with E-state index in [1.165, 1.54) is 51.4 Å². The lowest BCUT2D eigenvalue weighted by molar-refractivity contribution is -0.161. The fourth-order valence-corrected chi connectivity index (χ4v) is 6.24. The van der Waals surface area contributed by atoms with Crippen LogP contribution in [0.25, 0.3) is 0 Å². The summed E-state index contributed by atoms with van der Waals surface area (Å²) >= 11 is 0. The van der Waals surface area contributed by atoms with Crippen LogP contribution in [0.1, 0.15) is 168 Å². The van der Waals surface area contributed by atoms with Crippen molar-refractivity contribution in [1.82, 2.24) is 4.90 Å². The lowest BCUT2D eigenvalue weighted by Crippen LogP contribution is -2.29. The molecule has 318 valence electrons. The molecule has 0 radical (unpaired) electrons. The molecule has 0 aromatic carbocycles.